The lowest BCUT2D eigenvalue weighted by Crippen LogP contribution is -1.85. The first-order chi connectivity index (χ1) is 7.79. The average molecular weight is 219 g/mol. The SMILES string of the molecule is CC.CCc1cc(-c2cccc(C)n2)n[nH]1.[HH]. The molecule has 0 saturated heterocycles. The quantitative estimate of drug-likeness (QED) is 0.838. The second kappa shape index (κ2) is 6.05. The highest BCUT2D eigenvalue weighted by Crippen LogP contribution is 2.15. The average Bonchev–Trinajstić information content (AvgIpc) is 2.80. The molecule has 88 valence electrons. The highest BCUT2D eigenvalue weighted by atomic mass is 15.1. The number of hydrogen-bond donors (Lipinski definition) is 1. The van der Waals surface area contributed by atoms with Gasteiger partial charge in [0.1, 0.15) is 5.69 Å². The Hall–Kier alpha value is -1.64. The summed E-state index contributed by atoms with van der Waals surface area (Å²) in [5, 5.41) is 7.19. The van der Waals surface area contributed by atoms with E-state index in [9.17, 15) is 0 Å². The van der Waals surface area contributed by atoms with Crippen LogP contribution in [0.15, 0.2) is 24.3 Å². The van der Waals surface area contributed by atoms with E-state index >= 15 is 0 Å². The Morgan fingerprint density at radius 3 is 2.56 bits per heavy atom. The van der Waals surface area contributed by atoms with Crippen molar-refractivity contribution in [2.75, 3.05) is 0 Å². The summed E-state index contributed by atoms with van der Waals surface area (Å²) < 4.78 is 0. The van der Waals surface area contributed by atoms with Crippen LogP contribution in [0.1, 0.15) is 33.6 Å². The number of pyridine rings is 1. The summed E-state index contributed by atoms with van der Waals surface area (Å²) in [4.78, 5) is 4.41. The molecule has 0 aliphatic heterocycles. The molecular weight excluding hydrogens is 198 g/mol. The van der Waals surface area contributed by atoms with Crippen LogP contribution in [-0.2, 0) is 6.42 Å². The number of aromatic amines is 1. The van der Waals surface area contributed by atoms with Crippen molar-refractivity contribution in [2.24, 2.45) is 0 Å². The number of H-pyrrole nitrogens is 1. The van der Waals surface area contributed by atoms with Gasteiger partial charge in [-0.1, -0.05) is 26.8 Å². The fourth-order valence-electron chi connectivity index (χ4n) is 1.36. The number of aromatic nitrogens is 3. The molecule has 2 rings (SSSR count). The highest BCUT2D eigenvalue weighted by molar-refractivity contribution is 5.54. The van der Waals surface area contributed by atoms with Crippen molar-refractivity contribution in [3.63, 3.8) is 0 Å². The predicted octanol–water partition coefficient (Wildman–Crippen LogP) is 3.61. The largest absolute Gasteiger partial charge is 0.282 e. The Bertz CT molecular complexity index is 438. The Morgan fingerprint density at radius 2 is 2.00 bits per heavy atom. The monoisotopic (exact) mass is 219 g/mol. The van der Waals surface area contributed by atoms with Crippen LogP contribution < -0.4 is 0 Å². The molecule has 0 radical (unpaired) electrons. The Labute approximate surface area is 98.4 Å². The van der Waals surface area contributed by atoms with Gasteiger partial charge in [-0.3, -0.25) is 10.1 Å². The third kappa shape index (κ3) is 2.92. The summed E-state index contributed by atoms with van der Waals surface area (Å²) >= 11 is 0. The number of nitrogens with zero attached hydrogens (tertiary/aromatic N) is 2. The molecule has 0 bridgehead atoms. The molecule has 0 aliphatic carbocycles. The van der Waals surface area contributed by atoms with Crippen molar-refractivity contribution in [1.82, 2.24) is 15.2 Å². The van der Waals surface area contributed by atoms with E-state index in [1.807, 2.05) is 45.0 Å². The molecule has 0 atom stereocenters. The number of nitrogens with one attached hydrogen (secondary N) is 1. The second-order valence-corrected chi connectivity index (χ2v) is 3.30. The lowest BCUT2D eigenvalue weighted by Gasteiger charge is -1.95. The molecule has 3 heteroatoms. The minimum absolute atomic E-state index is 0. The predicted molar refractivity (Wildman–Crippen MR) is 69.4 cm³/mol. The van der Waals surface area contributed by atoms with Crippen molar-refractivity contribution in [3.8, 4) is 11.4 Å². The molecule has 1 N–H and O–H groups in total. The van der Waals surface area contributed by atoms with Gasteiger partial charge in [0.25, 0.3) is 0 Å². The smallest absolute Gasteiger partial charge is 0.111 e. The molecule has 0 spiro atoms. The first-order valence-electron chi connectivity index (χ1n) is 5.78. The van der Waals surface area contributed by atoms with E-state index in [0.29, 0.717) is 0 Å². The Morgan fingerprint density at radius 1 is 1.25 bits per heavy atom. The summed E-state index contributed by atoms with van der Waals surface area (Å²) in [6.45, 7) is 8.08. The standard InChI is InChI=1S/C11H13N3.C2H6.H2/c1-3-9-7-11(14-13-9)10-6-4-5-8(2)12-10;1-2;/h4-7H,3H2,1-2H3,(H,13,14);1-2H3;1H. The molecular formula is C13H21N3. The van der Waals surface area contributed by atoms with Crippen molar-refractivity contribution in [2.45, 2.75) is 34.1 Å². The molecule has 0 unspecified atom stereocenters. The zero-order valence-corrected chi connectivity index (χ0v) is 10.4. The molecule has 2 aromatic heterocycles. The summed E-state index contributed by atoms with van der Waals surface area (Å²) in [7, 11) is 0. The fraction of sp³-hybridized carbons (Fsp3) is 0.385. The minimum atomic E-state index is 0. The number of hydrogen-bond acceptors (Lipinski definition) is 2. The summed E-state index contributed by atoms with van der Waals surface area (Å²) in [5.41, 5.74) is 4.01. The van der Waals surface area contributed by atoms with E-state index in [1.165, 1.54) is 0 Å². The molecule has 0 amide bonds. The van der Waals surface area contributed by atoms with Gasteiger partial charge in [0.05, 0.1) is 5.69 Å². The zero-order chi connectivity index (χ0) is 12.0. The molecule has 16 heavy (non-hydrogen) atoms. The van der Waals surface area contributed by atoms with Gasteiger partial charge in [0, 0.05) is 12.8 Å². The molecule has 0 fully saturated rings. The van der Waals surface area contributed by atoms with E-state index in [4.69, 9.17) is 0 Å². The Balaban J connectivity index is 0.000000811. The molecule has 0 aromatic carbocycles. The van der Waals surface area contributed by atoms with Crippen LogP contribution in [-0.4, -0.2) is 15.2 Å². The lowest BCUT2D eigenvalue weighted by molar-refractivity contribution is 0.974. The van der Waals surface area contributed by atoms with E-state index < -0.39 is 0 Å². The molecule has 2 aromatic rings. The van der Waals surface area contributed by atoms with Crippen LogP contribution in [0.25, 0.3) is 11.4 Å². The number of rotatable bonds is 2. The third-order valence-corrected chi connectivity index (χ3v) is 2.16. The molecule has 0 saturated carbocycles. The summed E-state index contributed by atoms with van der Waals surface area (Å²) in [6.07, 6.45) is 0.971. The lowest BCUT2D eigenvalue weighted by atomic mass is 10.2. The van der Waals surface area contributed by atoms with Crippen molar-refractivity contribution < 1.29 is 1.43 Å². The minimum Gasteiger partial charge on any atom is -0.282 e. The van der Waals surface area contributed by atoms with Crippen molar-refractivity contribution in [3.05, 3.63) is 35.7 Å². The van der Waals surface area contributed by atoms with Crippen LogP contribution >= 0.6 is 0 Å². The van der Waals surface area contributed by atoms with Crippen LogP contribution in [0.2, 0.25) is 0 Å². The van der Waals surface area contributed by atoms with E-state index in [2.05, 4.69) is 22.1 Å². The Kier molecular flexibility index (Phi) is 4.70. The van der Waals surface area contributed by atoms with E-state index in [-0.39, 0.29) is 1.43 Å². The van der Waals surface area contributed by atoms with Gasteiger partial charge in [0.2, 0.25) is 0 Å². The van der Waals surface area contributed by atoms with Crippen LogP contribution in [0.5, 0.6) is 0 Å². The van der Waals surface area contributed by atoms with Crippen LogP contribution in [0.3, 0.4) is 0 Å². The van der Waals surface area contributed by atoms with E-state index in [1.54, 1.807) is 0 Å². The van der Waals surface area contributed by atoms with Gasteiger partial charge >= 0.3 is 0 Å². The van der Waals surface area contributed by atoms with Crippen LogP contribution in [0.4, 0.5) is 0 Å². The molecule has 0 aliphatic rings. The maximum Gasteiger partial charge on any atom is 0.111 e. The van der Waals surface area contributed by atoms with Gasteiger partial charge in [-0.25, -0.2) is 0 Å². The van der Waals surface area contributed by atoms with Crippen LogP contribution in [0, 0.1) is 6.92 Å². The third-order valence-electron chi connectivity index (χ3n) is 2.16. The van der Waals surface area contributed by atoms with Gasteiger partial charge in [-0.05, 0) is 31.5 Å². The molecule has 3 nitrogen and oxygen atoms in total. The topological polar surface area (TPSA) is 41.6 Å². The van der Waals surface area contributed by atoms with Gasteiger partial charge < -0.3 is 0 Å². The first-order valence-corrected chi connectivity index (χ1v) is 5.78. The van der Waals surface area contributed by atoms with Gasteiger partial charge in [-0.15, -0.1) is 0 Å². The molecule has 2 heterocycles. The van der Waals surface area contributed by atoms with Gasteiger partial charge in [0.15, 0.2) is 0 Å². The fourth-order valence-corrected chi connectivity index (χ4v) is 1.36. The first kappa shape index (κ1) is 12.4. The van der Waals surface area contributed by atoms with Gasteiger partial charge in [-0.2, -0.15) is 5.10 Å². The zero-order valence-electron chi connectivity index (χ0n) is 10.4. The normalized spacial score (nSPS) is 9.50. The maximum absolute atomic E-state index is 4.41. The van der Waals surface area contributed by atoms with Crippen molar-refractivity contribution >= 4 is 0 Å². The maximum atomic E-state index is 4.41. The summed E-state index contributed by atoms with van der Waals surface area (Å²) in [5.74, 6) is 0. The summed E-state index contributed by atoms with van der Waals surface area (Å²) in [6, 6.07) is 8.00. The van der Waals surface area contributed by atoms with Crippen molar-refractivity contribution in [1.29, 1.82) is 0 Å². The number of aryl methyl sites for hydroxylation is 2. The van der Waals surface area contributed by atoms with E-state index in [0.717, 1.165) is 29.2 Å². The highest BCUT2D eigenvalue weighted by Gasteiger charge is 2.03. The second-order valence-electron chi connectivity index (χ2n) is 3.30.